The highest BCUT2D eigenvalue weighted by Gasteiger charge is 2.16. The van der Waals surface area contributed by atoms with Crippen LogP contribution in [0.25, 0.3) is 0 Å². The second-order valence-corrected chi connectivity index (χ2v) is 3.60. The van der Waals surface area contributed by atoms with Gasteiger partial charge in [0.2, 0.25) is 0 Å². The zero-order valence-corrected chi connectivity index (χ0v) is 8.13. The molecule has 1 aromatic carbocycles. The van der Waals surface area contributed by atoms with E-state index >= 15 is 0 Å². The standard InChI is InChI=1S/C11H13NO2/c1-7-8-3-2-6-12-10(8)5-4-9(7)11(13)14/h4-5,12H,2-3,6H2,1H3,(H,13,14). The molecule has 0 bridgehead atoms. The van der Waals surface area contributed by atoms with E-state index in [1.165, 1.54) is 0 Å². The first-order chi connectivity index (χ1) is 6.70. The normalized spacial score (nSPS) is 14.4. The summed E-state index contributed by atoms with van der Waals surface area (Å²) < 4.78 is 0. The highest BCUT2D eigenvalue weighted by molar-refractivity contribution is 5.90. The molecule has 0 saturated heterocycles. The van der Waals surface area contributed by atoms with E-state index in [1.807, 2.05) is 13.0 Å². The second-order valence-electron chi connectivity index (χ2n) is 3.60. The van der Waals surface area contributed by atoms with Crippen LogP contribution in [0, 0.1) is 6.92 Å². The van der Waals surface area contributed by atoms with Gasteiger partial charge in [-0.3, -0.25) is 0 Å². The smallest absolute Gasteiger partial charge is 0.335 e. The van der Waals surface area contributed by atoms with Crippen molar-refractivity contribution in [2.75, 3.05) is 11.9 Å². The zero-order valence-electron chi connectivity index (χ0n) is 8.13. The minimum absolute atomic E-state index is 0.424. The summed E-state index contributed by atoms with van der Waals surface area (Å²) in [6, 6.07) is 3.54. The predicted octanol–water partition coefficient (Wildman–Crippen LogP) is 2.05. The van der Waals surface area contributed by atoms with Gasteiger partial charge in [-0.1, -0.05) is 0 Å². The van der Waals surface area contributed by atoms with Crippen molar-refractivity contribution in [3.05, 3.63) is 28.8 Å². The van der Waals surface area contributed by atoms with Crippen LogP contribution in [0.15, 0.2) is 12.1 Å². The fourth-order valence-electron chi connectivity index (χ4n) is 1.96. The number of aromatic carboxylic acids is 1. The molecule has 0 unspecified atom stereocenters. The van der Waals surface area contributed by atoms with E-state index in [9.17, 15) is 4.79 Å². The molecule has 1 aliphatic rings. The van der Waals surface area contributed by atoms with Gasteiger partial charge in [0.1, 0.15) is 0 Å². The largest absolute Gasteiger partial charge is 0.478 e. The molecule has 2 rings (SSSR count). The van der Waals surface area contributed by atoms with E-state index in [-0.39, 0.29) is 0 Å². The summed E-state index contributed by atoms with van der Waals surface area (Å²) in [7, 11) is 0. The number of hydrogen-bond acceptors (Lipinski definition) is 2. The van der Waals surface area contributed by atoms with Crippen molar-refractivity contribution < 1.29 is 9.90 Å². The second kappa shape index (κ2) is 3.33. The first-order valence-corrected chi connectivity index (χ1v) is 4.80. The molecule has 1 aromatic rings. The number of carboxylic acid groups (broad SMARTS) is 1. The van der Waals surface area contributed by atoms with Crippen LogP contribution in [0.5, 0.6) is 0 Å². The molecule has 2 N–H and O–H groups in total. The van der Waals surface area contributed by atoms with Crippen LogP contribution in [0.3, 0.4) is 0 Å². The lowest BCUT2D eigenvalue weighted by Gasteiger charge is -2.20. The van der Waals surface area contributed by atoms with Crippen LogP contribution in [-0.4, -0.2) is 17.6 Å². The van der Waals surface area contributed by atoms with Crippen LogP contribution in [0.1, 0.15) is 27.9 Å². The summed E-state index contributed by atoms with van der Waals surface area (Å²) in [6.45, 7) is 2.87. The molecule has 14 heavy (non-hydrogen) atoms. The molecule has 0 amide bonds. The van der Waals surface area contributed by atoms with Gasteiger partial charge in [0.15, 0.2) is 0 Å². The van der Waals surface area contributed by atoms with Gasteiger partial charge in [0, 0.05) is 12.2 Å². The van der Waals surface area contributed by atoms with Gasteiger partial charge >= 0.3 is 5.97 Å². The third kappa shape index (κ3) is 1.35. The van der Waals surface area contributed by atoms with E-state index in [0.29, 0.717) is 5.56 Å². The lowest BCUT2D eigenvalue weighted by atomic mass is 9.94. The van der Waals surface area contributed by atoms with E-state index in [2.05, 4.69) is 5.32 Å². The van der Waals surface area contributed by atoms with Crippen LogP contribution in [-0.2, 0) is 6.42 Å². The number of rotatable bonds is 1. The monoisotopic (exact) mass is 191 g/mol. The van der Waals surface area contributed by atoms with Crippen LogP contribution >= 0.6 is 0 Å². The Labute approximate surface area is 82.8 Å². The average molecular weight is 191 g/mol. The predicted molar refractivity (Wildman–Crippen MR) is 54.9 cm³/mol. The molecule has 3 heteroatoms. The molecular formula is C11H13NO2. The highest BCUT2D eigenvalue weighted by atomic mass is 16.4. The Morgan fingerprint density at radius 3 is 3.00 bits per heavy atom. The van der Waals surface area contributed by atoms with Crippen molar-refractivity contribution in [3.8, 4) is 0 Å². The highest BCUT2D eigenvalue weighted by Crippen LogP contribution is 2.27. The van der Waals surface area contributed by atoms with Gasteiger partial charge in [0.25, 0.3) is 0 Å². The molecule has 0 atom stereocenters. The number of nitrogens with one attached hydrogen (secondary N) is 1. The third-order valence-electron chi connectivity index (χ3n) is 2.75. The van der Waals surface area contributed by atoms with Crippen LogP contribution < -0.4 is 5.32 Å². The zero-order chi connectivity index (χ0) is 10.1. The molecule has 0 fully saturated rings. The van der Waals surface area contributed by atoms with E-state index in [4.69, 9.17) is 5.11 Å². The Morgan fingerprint density at radius 2 is 2.29 bits per heavy atom. The lowest BCUT2D eigenvalue weighted by Crippen LogP contribution is -2.14. The van der Waals surface area contributed by atoms with E-state index in [1.54, 1.807) is 6.07 Å². The molecule has 0 saturated carbocycles. The average Bonchev–Trinajstić information content (AvgIpc) is 2.18. The molecule has 3 nitrogen and oxygen atoms in total. The van der Waals surface area contributed by atoms with Gasteiger partial charge in [-0.2, -0.15) is 0 Å². The first-order valence-electron chi connectivity index (χ1n) is 4.80. The molecule has 0 spiro atoms. The maximum absolute atomic E-state index is 10.9. The van der Waals surface area contributed by atoms with Gasteiger partial charge in [-0.05, 0) is 43.0 Å². The molecule has 74 valence electrons. The van der Waals surface area contributed by atoms with Gasteiger partial charge in [-0.25, -0.2) is 4.79 Å². The van der Waals surface area contributed by atoms with Gasteiger partial charge in [-0.15, -0.1) is 0 Å². The summed E-state index contributed by atoms with van der Waals surface area (Å²) in [5, 5.41) is 12.2. The Balaban J connectivity index is 2.54. The number of carboxylic acids is 1. The van der Waals surface area contributed by atoms with Crippen LogP contribution in [0.4, 0.5) is 5.69 Å². The molecule has 1 heterocycles. The summed E-state index contributed by atoms with van der Waals surface area (Å²) in [6.07, 6.45) is 2.06. The fourth-order valence-corrected chi connectivity index (χ4v) is 1.96. The molecule has 1 aliphatic heterocycles. The van der Waals surface area contributed by atoms with Crippen molar-refractivity contribution in [1.29, 1.82) is 0 Å². The van der Waals surface area contributed by atoms with E-state index in [0.717, 1.165) is 36.2 Å². The molecule has 0 radical (unpaired) electrons. The first kappa shape index (κ1) is 9.06. The SMILES string of the molecule is Cc1c(C(=O)O)ccc2c1CCCN2. The third-order valence-corrected chi connectivity index (χ3v) is 2.75. The number of anilines is 1. The van der Waals surface area contributed by atoms with E-state index < -0.39 is 5.97 Å². The molecular weight excluding hydrogens is 178 g/mol. The van der Waals surface area contributed by atoms with Crippen molar-refractivity contribution in [3.63, 3.8) is 0 Å². The number of fused-ring (bicyclic) bond motifs is 1. The quantitative estimate of drug-likeness (QED) is 0.714. The Kier molecular flexibility index (Phi) is 2.15. The Hall–Kier alpha value is -1.51. The topological polar surface area (TPSA) is 49.3 Å². The summed E-state index contributed by atoms with van der Waals surface area (Å²) in [5.74, 6) is -0.837. The number of benzene rings is 1. The fraction of sp³-hybridized carbons (Fsp3) is 0.364. The lowest BCUT2D eigenvalue weighted by molar-refractivity contribution is 0.0696. The number of carbonyl (C=O) groups is 1. The molecule has 0 aliphatic carbocycles. The Bertz CT molecular complexity index is 385. The van der Waals surface area contributed by atoms with Crippen molar-refractivity contribution >= 4 is 11.7 Å². The molecule has 0 aromatic heterocycles. The van der Waals surface area contributed by atoms with Crippen molar-refractivity contribution in [2.45, 2.75) is 19.8 Å². The summed E-state index contributed by atoms with van der Waals surface area (Å²) in [4.78, 5) is 10.9. The maximum Gasteiger partial charge on any atom is 0.335 e. The Morgan fingerprint density at radius 1 is 1.50 bits per heavy atom. The van der Waals surface area contributed by atoms with Crippen molar-refractivity contribution in [1.82, 2.24) is 0 Å². The van der Waals surface area contributed by atoms with Gasteiger partial charge < -0.3 is 10.4 Å². The summed E-state index contributed by atoms with van der Waals surface area (Å²) in [5.41, 5.74) is 3.59. The number of hydrogen-bond donors (Lipinski definition) is 2. The summed E-state index contributed by atoms with van der Waals surface area (Å²) >= 11 is 0. The minimum atomic E-state index is -0.837. The van der Waals surface area contributed by atoms with Crippen molar-refractivity contribution in [2.24, 2.45) is 0 Å². The maximum atomic E-state index is 10.9. The van der Waals surface area contributed by atoms with Crippen LogP contribution in [0.2, 0.25) is 0 Å². The van der Waals surface area contributed by atoms with Gasteiger partial charge in [0.05, 0.1) is 5.56 Å². The minimum Gasteiger partial charge on any atom is -0.478 e.